The molecule has 5 rings (SSSR count). The van der Waals surface area contributed by atoms with Gasteiger partial charge in [0.05, 0.1) is 4.90 Å². The molecule has 1 aliphatic carbocycles. The van der Waals surface area contributed by atoms with Crippen molar-refractivity contribution in [2.75, 3.05) is 50.6 Å². The number of rotatable bonds is 13. The summed E-state index contributed by atoms with van der Waals surface area (Å²) in [5, 5.41) is 2.83. The number of nitrogens with one attached hydrogen (secondary N) is 3. The van der Waals surface area contributed by atoms with Crippen LogP contribution < -0.4 is 24.4 Å². The number of piperidine rings is 1. The Balaban J connectivity index is 1.26. The second-order valence-corrected chi connectivity index (χ2v) is 15.8. The lowest BCUT2D eigenvalue weighted by molar-refractivity contribution is -0.154. The molecule has 1 saturated carbocycles. The highest BCUT2D eigenvalue weighted by atomic mass is 32.2. The number of sulfonamides is 2. The van der Waals surface area contributed by atoms with Gasteiger partial charge in [-0.1, -0.05) is 0 Å². The van der Waals surface area contributed by atoms with E-state index in [0.717, 1.165) is 24.3 Å². The number of aromatic nitrogens is 3. The third kappa shape index (κ3) is 9.31. The van der Waals surface area contributed by atoms with Gasteiger partial charge in [0.25, 0.3) is 5.91 Å². The topological polar surface area (TPSA) is 176 Å². The van der Waals surface area contributed by atoms with E-state index in [2.05, 4.69) is 29.7 Å². The molecule has 0 radical (unpaired) electrons. The molecule has 20 heteroatoms. The molecule has 1 saturated heterocycles. The first-order chi connectivity index (χ1) is 22.9. The van der Waals surface area contributed by atoms with Crippen LogP contribution in [0, 0.1) is 5.82 Å². The van der Waals surface area contributed by atoms with E-state index < -0.39 is 61.4 Å². The third-order valence-electron chi connectivity index (χ3n) is 7.80. The molecule has 1 aliphatic heterocycles. The number of ether oxygens (including phenoxy) is 1. The van der Waals surface area contributed by atoms with Crippen LogP contribution in [0.15, 0.2) is 53.4 Å². The summed E-state index contributed by atoms with van der Waals surface area (Å²) in [6, 6.07) is 8.87. The minimum absolute atomic E-state index is 0.0255. The van der Waals surface area contributed by atoms with E-state index in [1.54, 1.807) is 23.9 Å². The van der Waals surface area contributed by atoms with Gasteiger partial charge in [0.1, 0.15) is 10.6 Å². The highest BCUT2D eigenvalue weighted by molar-refractivity contribution is 7.91. The zero-order valence-electron chi connectivity index (χ0n) is 26.4. The Hall–Kier alpha value is -4.14. The molecule has 0 atom stereocenters. The van der Waals surface area contributed by atoms with Crippen LogP contribution in [0.5, 0.6) is 6.01 Å². The maximum Gasteiger partial charge on any atom is 0.422 e. The zero-order valence-corrected chi connectivity index (χ0v) is 28.0. The first-order valence-corrected chi connectivity index (χ1v) is 18.0. The van der Waals surface area contributed by atoms with Gasteiger partial charge in [0, 0.05) is 36.9 Å². The van der Waals surface area contributed by atoms with Crippen LogP contribution in [0.2, 0.25) is 0 Å². The van der Waals surface area contributed by atoms with Crippen molar-refractivity contribution in [3.05, 3.63) is 59.9 Å². The standard InChI is InChI=1S/C29H34F4N8O6S2/c1-40(2)17-28(13-14-28)49(45,46)39-24(42)19-3-7-21(8-4-19)34-25-35-26(37-27(36-25)47-18-29(31,32)33)41-15-11-22(12-16-41)38-48(43,44)23-9-5-20(30)6-10-23/h3-10,22,38H,11-18H2,1-2H3,(H,39,42)(H,34,35,36,37). The Morgan fingerprint density at radius 3 is 2.18 bits per heavy atom. The highest BCUT2D eigenvalue weighted by Gasteiger charge is 2.55. The fraction of sp³-hybridized carbons (Fsp3) is 0.448. The van der Waals surface area contributed by atoms with E-state index in [0.29, 0.717) is 31.4 Å². The number of halogens is 4. The van der Waals surface area contributed by atoms with Gasteiger partial charge in [-0.05, 0) is 88.3 Å². The summed E-state index contributed by atoms with van der Waals surface area (Å²) in [5.74, 6) is -1.60. The molecule has 0 unspecified atom stereocenters. The Morgan fingerprint density at radius 2 is 1.61 bits per heavy atom. The van der Waals surface area contributed by atoms with Crippen LogP contribution in [0.1, 0.15) is 36.0 Å². The molecule has 266 valence electrons. The molecule has 2 fully saturated rings. The van der Waals surface area contributed by atoms with E-state index in [1.807, 2.05) is 0 Å². The number of nitrogens with zero attached hydrogens (tertiary/aromatic N) is 5. The fourth-order valence-corrected chi connectivity index (χ4v) is 8.15. The molecule has 14 nitrogen and oxygen atoms in total. The fourth-order valence-electron chi connectivity index (χ4n) is 5.20. The molecule has 3 aromatic rings. The monoisotopic (exact) mass is 730 g/mol. The van der Waals surface area contributed by atoms with E-state index in [-0.39, 0.29) is 42.0 Å². The van der Waals surface area contributed by atoms with Crippen molar-refractivity contribution in [3.8, 4) is 6.01 Å². The van der Waals surface area contributed by atoms with Crippen molar-refractivity contribution < 1.29 is 43.9 Å². The molecule has 2 heterocycles. The number of benzene rings is 2. The van der Waals surface area contributed by atoms with Crippen molar-refractivity contribution in [3.63, 3.8) is 0 Å². The molecule has 0 spiro atoms. The number of alkyl halides is 3. The van der Waals surface area contributed by atoms with Gasteiger partial charge in [-0.2, -0.15) is 28.1 Å². The molecule has 2 aromatic carbocycles. The van der Waals surface area contributed by atoms with Gasteiger partial charge < -0.3 is 19.9 Å². The molecule has 1 amide bonds. The third-order valence-corrected chi connectivity index (χ3v) is 11.5. The van der Waals surface area contributed by atoms with Crippen LogP contribution in [0.25, 0.3) is 0 Å². The van der Waals surface area contributed by atoms with Crippen LogP contribution in [0.3, 0.4) is 0 Å². The minimum atomic E-state index is -4.67. The van der Waals surface area contributed by atoms with Crippen LogP contribution in [-0.4, -0.2) is 99.9 Å². The SMILES string of the molecule is CN(C)CC1(S(=O)(=O)NC(=O)c2ccc(Nc3nc(OCC(F)(F)F)nc(N4CCC(NS(=O)(=O)c5ccc(F)cc5)CC4)n3)cc2)CC1. The van der Waals surface area contributed by atoms with Gasteiger partial charge in [-0.15, -0.1) is 0 Å². The molecule has 3 N–H and O–H groups in total. The first-order valence-electron chi connectivity index (χ1n) is 15.0. The Bertz CT molecular complexity index is 1870. The quantitative estimate of drug-likeness (QED) is 0.220. The van der Waals surface area contributed by atoms with Crippen LogP contribution >= 0.6 is 0 Å². The van der Waals surface area contributed by atoms with Crippen molar-refractivity contribution >= 4 is 43.5 Å². The van der Waals surface area contributed by atoms with Crippen LogP contribution in [0.4, 0.5) is 35.1 Å². The van der Waals surface area contributed by atoms with E-state index in [9.17, 15) is 39.2 Å². The second-order valence-electron chi connectivity index (χ2n) is 12.0. The largest absolute Gasteiger partial charge is 0.454 e. The summed E-state index contributed by atoms with van der Waals surface area (Å²) in [4.78, 5) is 28.3. The number of amides is 1. The lowest BCUT2D eigenvalue weighted by Gasteiger charge is -2.32. The molecule has 49 heavy (non-hydrogen) atoms. The average Bonchev–Trinajstić information content (AvgIpc) is 3.81. The summed E-state index contributed by atoms with van der Waals surface area (Å²) in [6.45, 7) is -0.941. The summed E-state index contributed by atoms with van der Waals surface area (Å²) in [7, 11) is -4.37. The Kier molecular flexibility index (Phi) is 10.3. The minimum Gasteiger partial charge on any atom is -0.454 e. The van der Waals surface area contributed by atoms with Gasteiger partial charge in [-0.3, -0.25) is 4.79 Å². The predicted octanol–water partition coefficient (Wildman–Crippen LogP) is 2.80. The van der Waals surface area contributed by atoms with E-state index >= 15 is 0 Å². The van der Waals surface area contributed by atoms with Crippen molar-refractivity contribution in [1.29, 1.82) is 0 Å². The molecule has 1 aromatic heterocycles. The lowest BCUT2D eigenvalue weighted by atomic mass is 10.1. The van der Waals surface area contributed by atoms with Crippen molar-refractivity contribution in [1.82, 2.24) is 29.3 Å². The number of carbonyl (C=O) groups is 1. The smallest absolute Gasteiger partial charge is 0.422 e. The number of carbonyl (C=O) groups excluding carboxylic acids is 1. The maximum atomic E-state index is 13.2. The van der Waals surface area contributed by atoms with Crippen molar-refractivity contribution in [2.24, 2.45) is 0 Å². The van der Waals surface area contributed by atoms with Crippen LogP contribution in [-0.2, 0) is 20.0 Å². The maximum absolute atomic E-state index is 13.2. The van der Waals surface area contributed by atoms with E-state index in [4.69, 9.17) is 4.74 Å². The molecular formula is C29H34F4N8O6S2. The van der Waals surface area contributed by atoms with Crippen molar-refractivity contribution in [2.45, 2.75) is 47.5 Å². The number of hydrogen-bond acceptors (Lipinski definition) is 12. The molecule has 0 bridgehead atoms. The highest BCUT2D eigenvalue weighted by Crippen LogP contribution is 2.43. The van der Waals surface area contributed by atoms with Gasteiger partial charge in [0.15, 0.2) is 6.61 Å². The lowest BCUT2D eigenvalue weighted by Crippen LogP contribution is -2.45. The van der Waals surface area contributed by atoms with E-state index in [1.165, 1.54) is 24.3 Å². The van der Waals surface area contributed by atoms with Gasteiger partial charge in [0.2, 0.25) is 31.9 Å². The summed E-state index contributed by atoms with van der Waals surface area (Å²) in [6.07, 6.45) is -3.21. The predicted molar refractivity (Wildman–Crippen MR) is 170 cm³/mol. The second kappa shape index (κ2) is 14.0. The molecule has 2 aliphatic rings. The average molecular weight is 731 g/mol. The normalized spacial score (nSPS) is 16.8. The molecular weight excluding hydrogens is 696 g/mol. The van der Waals surface area contributed by atoms with Gasteiger partial charge >= 0.3 is 12.2 Å². The number of hydrogen-bond donors (Lipinski definition) is 3. The number of anilines is 3. The van der Waals surface area contributed by atoms with Gasteiger partial charge in [-0.25, -0.2) is 30.7 Å². The first kappa shape index (κ1) is 36.1. The Morgan fingerprint density at radius 1 is 0.980 bits per heavy atom. The summed E-state index contributed by atoms with van der Waals surface area (Å²) >= 11 is 0. The zero-order chi connectivity index (χ0) is 35.6. The summed E-state index contributed by atoms with van der Waals surface area (Å²) in [5.41, 5.74) is 0.372. The Labute approximate surface area is 280 Å². The summed E-state index contributed by atoms with van der Waals surface area (Å²) < 4.78 is 112.